The van der Waals surface area contributed by atoms with Crippen LogP contribution in [0.3, 0.4) is 0 Å². The first-order valence-corrected chi connectivity index (χ1v) is 5.38. The smallest absolute Gasteiger partial charge is 0.190 e. The molecule has 0 radical (unpaired) electrons. The summed E-state index contributed by atoms with van der Waals surface area (Å²) >= 11 is 0. The second-order valence-corrected chi connectivity index (χ2v) is 3.43. The fraction of sp³-hybridized carbons (Fsp3) is 0.417. The van der Waals surface area contributed by atoms with Crippen molar-refractivity contribution in [3.05, 3.63) is 29.8 Å². The Kier molecular flexibility index (Phi) is 5.37. The molecule has 0 aliphatic carbocycles. The summed E-state index contributed by atoms with van der Waals surface area (Å²) in [7, 11) is 0. The molecule has 3 nitrogen and oxygen atoms in total. The van der Waals surface area contributed by atoms with Crippen LogP contribution < -0.4 is 10.1 Å². The second kappa shape index (κ2) is 6.81. The number of nitrogens with zero attached hydrogens (tertiary/aromatic N) is 1. The Labute approximate surface area is 99.0 Å². The van der Waals surface area contributed by atoms with Crippen molar-refractivity contribution in [3.63, 3.8) is 0 Å². The van der Waals surface area contributed by atoms with Gasteiger partial charge in [-0.1, -0.05) is 13.0 Å². The topological polar surface area (TPSA) is 45.0 Å². The van der Waals surface area contributed by atoms with Gasteiger partial charge in [-0.15, -0.1) is 0 Å². The summed E-state index contributed by atoms with van der Waals surface area (Å²) in [4.78, 5) is 0. The van der Waals surface area contributed by atoms with Gasteiger partial charge in [0.05, 0.1) is 18.7 Å². The van der Waals surface area contributed by atoms with Crippen molar-refractivity contribution in [1.29, 1.82) is 5.26 Å². The van der Waals surface area contributed by atoms with Crippen LogP contribution in [-0.2, 0) is 0 Å². The number of hydrogen-bond acceptors (Lipinski definition) is 3. The van der Waals surface area contributed by atoms with Crippen LogP contribution >= 0.6 is 0 Å². The lowest BCUT2D eigenvalue weighted by Gasteiger charge is -2.11. The highest BCUT2D eigenvalue weighted by atomic mass is 19.1. The summed E-state index contributed by atoms with van der Waals surface area (Å²) in [6.45, 7) is 2.62. The van der Waals surface area contributed by atoms with Gasteiger partial charge in [-0.3, -0.25) is 0 Å². The Morgan fingerprint density at radius 2 is 2.06 bits per heavy atom. The molecule has 1 aromatic carbocycles. The van der Waals surface area contributed by atoms with E-state index in [2.05, 4.69) is 5.32 Å². The monoisotopic (exact) mass is 240 g/mol. The van der Waals surface area contributed by atoms with Crippen molar-refractivity contribution in [2.75, 3.05) is 13.2 Å². The van der Waals surface area contributed by atoms with E-state index >= 15 is 0 Å². The molecule has 1 atom stereocenters. The third-order valence-electron chi connectivity index (χ3n) is 2.18. The Morgan fingerprint density at radius 3 is 2.59 bits per heavy atom. The average molecular weight is 240 g/mol. The molecule has 0 saturated carbocycles. The largest absolute Gasteiger partial charge is 0.488 e. The van der Waals surface area contributed by atoms with E-state index in [0.29, 0.717) is 13.0 Å². The molecule has 5 heteroatoms. The van der Waals surface area contributed by atoms with E-state index in [9.17, 15) is 8.78 Å². The van der Waals surface area contributed by atoms with Gasteiger partial charge in [-0.2, -0.15) is 5.26 Å². The first kappa shape index (κ1) is 13.4. The predicted octanol–water partition coefficient (Wildman–Crippen LogP) is 2.24. The van der Waals surface area contributed by atoms with E-state index in [1.54, 1.807) is 0 Å². The summed E-state index contributed by atoms with van der Waals surface area (Å²) in [5.41, 5.74) is 0. The second-order valence-electron chi connectivity index (χ2n) is 3.43. The zero-order valence-electron chi connectivity index (χ0n) is 9.54. The van der Waals surface area contributed by atoms with Crippen molar-refractivity contribution in [3.8, 4) is 11.8 Å². The lowest BCUT2D eigenvalue weighted by Crippen LogP contribution is -2.29. The summed E-state index contributed by atoms with van der Waals surface area (Å²) in [6.07, 6.45) is 0.373. The van der Waals surface area contributed by atoms with Gasteiger partial charge < -0.3 is 10.1 Å². The molecule has 0 heterocycles. The fourth-order valence-corrected chi connectivity index (χ4v) is 1.36. The van der Waals surface area contributed by atoms with E-state index in [1.165, 1.54) is 6.07 Å². The van der Waals surface area contributed by atoms with Crippen molar-refractivity contribution in [2.45, 2.75) is 19.4 Å². The van der Waals surface area contributed by atoms with E-state index in [-0.39, 0.29) is 18.4 Å². The number of benzene rings is 1. The lowest BCUT2D eigenvalue weighted by atomic mass is 10.2. The third kappa shape index (κ3) is 4.00. The molecule has 0 aromatic heterocycles. The predicted molar refractivity (Wildman–Crippen MR) is 59.5 cm³/mol. The van der Waals surface area contributed by atoms with Gasteiger partial charge in [0.2, 0.25) is 0 Å². The number of nitriles is 1. The maximum absolute atomic E-state index is 13.2. The van der Waals surface area contributed by atoms with E-state index in [0.717, 1.165) is 12.1 Å². The van der Waals surface area contributed by atoms with E-state index in [1.807, 2.05) is 13.0 Å². The van der Waals surface area contributed by atoms with Crippen LogP contribution in [-0.4, -0.2) is 19.2 Å². The van der Waals surface area contributed by atoms with Crippen molar-refractivity contribution >= 4 is 0 Å². The number of hydrogen-bond donors (Lipinski definition) is 1. The maximum atomic E-state index is 13.2. The van der Waals surface area contributed by atoms with Crippen LogP contribution in [0.2, 0.25) is 0 Å². The summed E-state index contributed by atoms with van der Waals surface area (Å²) < 4.78 is 31.3. The number of para-hydroxylation sites is 1. The van der Waals surface area contributed by atoms with Crippen molar-refractivity contribution in [1.82, 2.24) is 5.32 Å². The molecule has 1 rings (SSSR count). The first-order chi connectivity index (χ1) is 8.19. The van der Waals surface area contributed by atoms with E-state index in [4.69, 9.17) is 10.00 Å². The standard InChI is InChI=1S/C12H14F2N2O/c1-2-16-9(8-15)6-7-17-12-10(13)4-3-5-11(12)14/h3-5,9,16H,2,6-7H2,1H3. The molecule has 0 amide bonds. The summed E-state index contributed by atoms with van der Waals surface area (Å²) in [6, 6.07) is 5.20. The minimum atomic E-state index is -0.734. The van der Waals surface area contributed by atoms with Gasteiger partial charge in [-0.05, 0) is 18.7 Å². The quantitative estimate of drug-likeness (QED) is 0.829. The molecule has 1 aromatic rings. The zero-order valence-corrected chi connectivity index (χ0v) is 9.54. The molecule has 17 heavy (non-hydrogen) atoms. The van der Waals surface area contributed by atoms with Crippen LogP contribution in [0.15, 0.2) is 18.2 Å². The minimum absolute atomic E-state index is 0.0864. The van der Waals surface area contributed by atoms with E-state index < -0.39 is 11.6 Å². The molecular weight excluding hydrogens is 226 g/mol. The fourth-order valence-electron chi connectivity index (χ4n) is 1.36. The first-order valence-electron chi connectivity index (χ1n) is 5.38. The molecule has 0 bridgehead atoms. The molecular formula is C12H14F2N2O. The number of rotatable bonds is 6. The average Bonchev–Trinajstić information content (AvgIpc) is 2.31. The van der Waals surface area contributed by atoms with Gasteiger partial charge in [0.15, 0.2) is 17.4 Å². The Hall–Kier alpha value is -1.67. The van der Waals surface area contributed by atoms with Crippen molar-refractivity contribution < 1.29 is 13.5 Å². The molecule has 1 unspecified atom stereocenters. The van der Waals surface area contributed by atoms with Crippen LogP contribution in [0.25, 0.3) is 0 Å². The zero-order chi connectivity index (χ0) is 12.7. The highest BCUT2D eigenvalue weighted by Gasteiger charge is 2.11. The number of ether oxygens (including phenoxy) is 1. The molecule has 0 fully saturated rings. The number of nitrogens with one attached hydrogen (secondary N) is 1. The van der Waals surface area contributed by atoms with Gasteiger partial charge in [0, 0.05) is 6.42 Å². The van der Waals surface area contributed by atoms with Crippen LogP contribution in [0.1, 0.15) is 13.3 Å². The SMILES string of the molecule is CCNC(C#N)CCOc1c(F)cccc1F. The molecule has 1 N–H and O–H groups in total. The minimum Gasteiger partial charge on any atom is -0.488 e. The molecule has 0 spiro atoms. The van der Waals surface area contributed by atoms with Crippen LogP contribution in [0.5, 0.6) is 5.75 Å². The summed E-state index contributed by atoms with van der Waals surface area (Å²) in [5, 5.41) is 11.7. The number of halogens is 2. The van der Waals surface area contributed by atoms with Gasteiger partial charge in [0.1, 0.15) is 0 Å². The summed E-state index contributed by atoms with van der Waals surface area (Å²) in [5.74, 6) is -1.86. The Bertz CT molecular complexity index is 384. The highest BCUT2D eigenvalue weighted by Crippen LogP contribution is 2.20. The molecule has 0 aliphatic heterocycles. The maximum Gasteiger partial charge on any atom is 0.190 e. The highest BCUT2D eigenvalue weighted by molar-refractivity contribution is 5.25. The Balaban J connectivity index is 2.48. The van der Waals surface area contributed by atoms with Crippen molar-refractivity contribution in [2.24, 2.45) is 0 Å². The molecule has 0 saturated heterocycles. The van der Waals surface area contributed by atoms with Gasteiger partial charge in [-0.25, -0.2) is 8.78 Å². The third-order valence-corrected chi connectivity index (χ3v) is 2.18. The Morgan fingerprint density at radius 1 is 1.41 bits per heavy atom. The normalized spacial score (nSPS) is 11.9. The molecule has 0 aliphatic rings. The van der Waals surface area contributed by atoms with Gasteiger partial charge >= 0.3 is 0 Å². The van der Waals surface area contributed by atoms with Crippen LogP contribution in [0, 0.1) is 23.0 Å². The van der Waals surface area contributed by atoms with Gasteiger partial charge in [0.25, 0.3) is 0 Å². The lowest BCUT2D eigenvalue weighted by molar-refractivity contribution is 0.270. The molecule has 92 valence electrons. The van der Waals surface area contributed by atoms with Crippen LogP contribution in [0.4, 0.5) is 8.78 Å².